The van der Waals surface area contributed by atoms with Gasteiger partial charge in [-0.3, -0.25) is 0 Å². The lowest BCUT2D eigenvalue weighted by Gasteiger charge is -2.04. The summed E-state index contributed by atoms with van der Waals surface area (Å²) in [5.41, 5.74) is 2.50. The van der Waals surface area contributed by atoms with Gasteiger partial charge in [-0.1, -0.05) is 58.4 Å². The van der Waals surface area contributed by atoms with Crippen molar-refractivity contribution in [1.82, 2.24) is 0 Å². The van der Waals surface area contributed by atoms with Crippen LogP contribution in [0.25, 0.3) is 31.3 Å². The highest BCUT2D eigenvalue weighted by Crippen LogP contribution is 2.37. The van der Waals surface area contributed by atoms with Crippen LogP contribution in [0, 0.1) is 0 Å². The molecule has 0 aliphatic heterocycles. The van der Waals surface area contributed by atoms with Gasteiger partial charge in [0.1, 0.15) is 0 Å². The number of hydrogen-bond donors (Lipinski definition) is 0. The lowest BCUT2D eigenvalue weighted by Crippen LogP contribution is -1.79. The van der Waals surface area contributed by atoms with Gasteiger partial charge in [0.15, 0.2) is 0 Å². The van der Waals surface area contributed by atoms with E-state index in [0.717, 1.165) is 4.47 Å². The third-order valence-electron chi connectivity index (χ3n) is 3.56. The average molecular weight is 339 g/mol. The first-order valence-electron chi connectivity index (χ1n) is 6.49. The first-order valence-corrected chi connectivity index (χ1v) is 8.10. The predicted octanol–water partition coefficient (Wildman–Crippen LogP) is 6.48. The van der Waals surface area contributed by atoms with Crippen LogP contribution in [0.5, 0.6) is 0 Å². The van der Waals surface area contributed by atoms with E-state index in [1.807, 2.05) is 17.4 Å². The van der Waals surface area contributed by atoms with Crippen LogP contribution in [0.3, 0.4) is 0 Å². The zero-order valence-electron chi connectivity index (χ0n) is 10.6. The van der Waals surface area contributed by atoms with Crippen LogP contribution >= 0.6 is 27.3 Å². The average Bonchev–Trinajstić information content (AvgIpc) is 2.85. The zero-order chi connectivity index (χ0) is 13.5. The van der Waals surface area contributed by atoms with Crippen molar-refractivity contribution in [3.05, 3.63) is 71.2 Å². The van der Waals surface area contributed by atoms with Gasteiger partial charge >= 0.3 is 0 Å². The fraction of sp³-hybridized carbons (Fsp3) is 0. The third-order valence-corrected chi connectivity index (χ3v) is 5.40. The van der Waals surface area contributed by atoms with Crippen LogP contribution in [0.4, 0.5) is 0 Å². The summed E-state index contributed by atoms with van der Waals surface area (Å²) in [7, 11) is 0. The molecule has 0 nitrogen and oxygen atoms in total. The van der Waals surface area contributed by atoms with Crippen LogP contribution in [0.1, 0.15) is 0 Å². The lowest BCUT2D eigenvalue weighted by molar-refractivity contribution is 1.61. The van der Waals surface area contributed by atoms with E-state index in [1.54, 1.807) is 0 Å². The molecule has 0 saturated heterocycles. The Morgan fingerprint density at radius 3 is 2.35 bits per heavy atom. The fourth-order valence-electron chi connectivity index (χ4n) is 2.59. The second kappa shape index (κ2) is 4.72. The smallest absolute Gasteiger partial charge is 0.0355 e. The zero-order valence-corrected chi connectivity index (χ0v) is 13.0. The summed E-state index contributed by atoms with van der Waals surface area (Å²) in [6, 6.07) is 23.7. The molecule has 0 amide bonds. The molecule has 0 radical (unpaired) electrons. The van der Waals surface area contributed by atoms with Crippen molar-refractivity contribution in [2.24, 2.45) is 0 Å². The number of fused-ring (bicyclic) bond motifs is 3. The molecule has 0 N–H and O–H groups in total. The number of benzene rings is 3. The van der Waals surface area contributed by atoms with Crippen molar-refractivity contribution < 1.29 is 0 Å². The lowest BCUT2D eigenvalue weighted by atomic mass is 10.0. The Labute approximate surface area is 129 Å². The molecule has 0 saturated carbocycles. The Balaban J connectivity index is 2.03. The Morgan fingerprint density at radius 2 is 1.45 bits per heavy atom. The van der Waals surface area contributed by atoms with Crippen molar-refractivity contribution in [3.63, 3.8) is 0 Å². The highest BCUT2D eigenvalue weighted by Gasteiger charge is 2.07. The maximum Gasteiger partial charge on any atom is 0.0355 e. The summed E-state index contributed by atoms with van der Waals surface area (Å²) in [6.45, 7) is 0. The summed E-state index contributed by atoms with van der Waals surface area (Å²) in [5, 5.41) is 2.69. The summed E-state index contributed by atoms with van der Waals surface area (Å²) in [4.78, 5) is 0. The normalized spacial score (nSPS) is 11.2. The largest absolute Gasteiger partial charge is 0.135 e. The molecule has 96 valence electrons. The van der Waals surface area contributed by atoms with Crippen molar-refractivity contribution in [2.45, 2.75) is 0 Å². The molecule has 1 aromatic heterocycles. The third kappa shape index (κ3) is 1.88. The molecule has 4 rings (SSSR count). The summed E-state index contributed by atoms with van der Waals surface area (Å²) < 4.78 is 3.84. The van der Waals surface area contributed by atoms with E-state index in [-0.39, 0.29) is 0 Å². The van der Waals surface area contributed by atoms with E-state index in [4.69, 9.17) is 0 Å². The Morgan fingerprint density at radius 1 is 0.700 bits per heavy atom. The molecule has 20 heavy (non-hydrogen) atoms. The minimum absolute atomic E-state index is 1.14. The van der Waals surface area contributed by atoms with E-state index in [2.05, 4.69) is 76.6 Å². The summed E-state index contributed by atoms with van der Waals surface area (Å²) in [6.07, 6.45) is 0. The molecule has 0 unspecified atom stereocenters. The molecule has 0 aliphatic carbocycles. The Kier molecular flexibility index (Phi) is 2.86. The van der Waals surface area contributed by atoms with Crippen molar-refractivity contribution in [1.29, 1.82) is 0 Å². The quantitative estimate of drug-likeness (QED) is 0.372. The van der Waals surface area contributed by atoms with Gasteiger partial charge in [-0.05, 0) is 35.4 Å². The van der Waals surface area contributed by atoms with Crippen molar-refractivity contribution in [2.75, 3.05) is 0 Å². The number of thiophene rings is 1. The minimum Gasteiger partial charge on any atom is -0.135 e. The van der Waals surface area contributed by atoms with Crippen LogP contribution in [-0.2, 0) is 0 Å². The van der Waals surface area contributed by atoms with Gasteiger partial charge in [0.05, 0.1) is 0 Å². The Hall–Kier alpha value is -1.64. The van der Waals surface area contributed by atoms with Gasteiger partial charge < -0.3 is 0 Å². The highest BCUT2D eigenvalue weighted by molar-refractivity contribution is 9.10. The van der Waals surface area contributed by atoms with E-state index in [1.165, 1.54) is 31.3 Å². The first-order chi connectivity index (χ1) is 9.83. The molecule has 1 heterocycles. The van der Waals surface area contributed by atoms with Gasteiger partial charge in [0.25, 0.3) is 0 Å². The van der Waals surface area contributed by atoms with Gasteiger partial charge in [-0.15, -0.1) is 11.3 Å². The molecular formula is C18H11BrS. The van der Waals surface area contributed by atoms with E-state index >= 15 is 0 Å². The molecule has 3 aromatic carbocycles. The SMILES string of the molecule is Brc1ccccc1-c1ccc2sc3ccccc3c2c1. The topological polar surface area (TPSA) is 0 Å². The molecule has 0 spiro atoms. The molecule has 0 aliphatic rings. The molecule has 4 aromatic rings. The van der Waals surface area contributed by atoms with Gasteiger partial charge in [-0.25, -0.2) is 0 Å². The van der Waals surface area contributed by atoms with E-state index in [9.17, 15) is 0 Å². The van der Waals surface area contributed by atoms with E-state index in [0.29, 0.717) is 0 Å². The fourth-order valence-corrected chi connectivity index (χ4v) is 4.19. The van der Waals surface area contributed by atoms with Crippen LogP contribution in [0.2, 0.25) is 0 Å². The predicted molar refractivity (Wildman–Crippen MR) is 92.5 cm³/mol. The Bertz CT molecular complexity index is 921. The maximum atomic E-state index is 3.64. The summed E-state index contributed by atoms with van der Waals surface area (Å²) in [5.74, 6) is 0. The number of rotatable bonds is 1. The first kappa shape index (κ1) is 12.1. The van der Waals surface area contributed by atoms with Crippen LogP contribution in [0.15, 0.2) is 71.2 Å². The van der Waals surface area contributed by atoms with Crippen LogP contribution in [-0.4, -0.2) is 0 Å². The van der Waals surface area contributed by atoms with E-state index < -0.39 is 0 Å². The van der Waals surface area contributed by atoms with Gasteiger partial charge in [-0.2, -0.15) is 0 Å². The van der Waals surface area contributed by atoms with Crippen LogP contribution < -0.4 is 0 Å². The second-order valence-corrected chi connectivity index (χ2v) is 6.73. The molecule has 0 atom stereocenters. The molecular weight excluding hydrogens is 328 g/mol. The molecule has 0 bridgehead atoms. The highest BCUT2D eigenvalue weighted by atomic mass is 79.9. The molecule has 2 heteroatoms. The van der Waals surface area contributed by atoms with Gasteiger partial charge in [0.2, 0.25) is 0 Å². The number of halogens is 1. The minimum atomic E-state index is 1.14. The van der Waals surface area contributed by atoms with Crippen molar-refractivity contribution in [3.8, 4) is 11.1 Å². The number of hydrogen-bond acceptors (Lipinski definition) is 1. The van der Waals surface area contributed by atoms with Gasteiger partial charge in [0, 0.05) is 24.6 Å². The second-order valence-electron chi connectivity index (χ2n) is 4.79. The van der Waals surface area contributed by atoms with Crippen molar-refractivity contribution >= 4 is 47.4 Å². The summed E-state index contributed by atoms with van der Waals surface area (Å²) >= 11 is 5.50. The monoisotopic (exact) mass is 338 g/mol. The maximum absolute atomic E-state index is 3.64. The molecule has 0 fully saturated rings. The standard InChI is InChI=1S/C18H11BrS/c19-16-7-3-1-5-13(16)12-9-10-18-15(11-12)14-6-2-4-8-17(14)20-18/h1-11H.